The van der Waals surface area contributed by atoms with Crippen LogP contribution in [0.4, 0.5) is 5.69 Å². The Balaban J connectivity index is 1.57. The number of hydrogen-bond acceptors (Lipinski definition) is 4. The van der Waals surface area contributed by atoms with Crippen LogP contribution in [0.1, 0.15) is 11.6 Å². The lowest BCUT2D eigenvalue weighted by Crippen LogP contribution is -2.49. The third-order valence-corrected chi connectivity index (χ3v) is 5.54. The van der Waals surface area contributed by atoms with Gasteiger partial charge in [0.15, 0.2) is 0 Å². The van der Waals surface area contributed by atoms with Gasteiger partial charge in [0.1, 0.15) is 11.8 Å². The van der Waals surface area contributed by atoms with Crippen LogP contribution < -0.4 is 9.64 Å². The third-order valence-electron chi connectivity index (χ3n) is 5.31. The van der Waals surface area contributed by atoms with Crippen LogP contribution in [0.2, 0.25) is 5.02 Å². The van der Waals surface area contributed by atoms with Crippen LogP contribution in [-0.4, -0.2) is 54.2 Å². The number of nitrogens with zero attached hydrogens (tertiary/aromatic N) is 2. The second kappa shape index (κ2) is 7.73. The number of nitrogens with one attached hydrogen (secondary N) is 1. The molecule has 1 aliphatic heterocycles. The minimum absolute atomic E-state index is 0.596. The van der Waals surface area contributed by atoms with Gasteiger partial charge in [0.2, 0.25) is 0 Å². The van der Waals surface area contributed by atoms with E-state index in [1.807, 2.05) is 41.3 Å². The van der Waals surface area contributed by atoms with Gasteiger partial charge in [-0.1, -0.05) is 23.7 Å². The number of H-pyrrole nitrogens is 1. The third kappa shape index (κ3) is 3.41. The highest BCUT2D eigenvalue weighted by molar-refractivity contribution is 6.31. The predicted molar refractivity (Wildman–Crippen MR) is 110 cm³/mol. The number of methoxy groups -OCH3 is 1. The van der Waals surface area contributed by atoms with Gasteiger partial charge in [0.05, 0.1) is 12.8 Å². The molecule has 0 aliphatic carbocycles. The predicted octanol–water partition coefficient (Wildman–Crippen LogP) is 3.78. The molecule has 3 aromatic rings. The summed E-state index contributed by atoms with van der Waals surface area (Å²) in [6.07, 6.45) is 1.78. The smallest absolute Gasteiger partial charge is 0.325 e. The van der Waals surface area contributed by atoms with Gasteiger partial charge in [-0.2, -0.15) is 0 Å². The number of carboxylic acid groups (broad SMARTS) is 1. The molecule has 2 N–H and O–H groups in total. The van der Waals surface area contributed by atoms with E-state index in [9.17, 15) is 9.90 Å². The van der Waals surface area contributed by atoms with Crippen molar-refractivity contribution in [3.05, 3.63) is 59.2 Å². The molecule has 7 heteroatoms. The monoisotopic (exact) mass is 399 g/mol. The summed E-state index contributed by atoms with van der Waals surface area (Å²) in [4.78, 5) is 19.6. The number of aromatic amines is 1. The molecule has 0 unspecified atom stereocenters. The zero-order valence-corrected chi connectivity index (χ0v) is 16.3. The molecule has 4 rings (SSSR count). The largest absolute Gasteiger partial charge is 0.495 e. The molecule has 1 saturated heterocycles. The van der Waals surface area contributed by atoms with Crippen molar-refractivity contribution in [2.24, 2.45) is 0 Å². The summed E-state index contributed by atoms with van der Waals surface area (Å²) in [5.41, 5.74) is 2.67. The molecule has 2 heterocycles. The van der Waals surface area contributed by atoms with E-state index in [0.717, 1.165) is 41.0 Å². The van der Waals surface area contributed by atoms with Crippen LogP contribution in [0.3, 0.4) is 0 Å². The van der Waals surface area contributed by atoms with Crippen molar-refractivity contribution < 1.29 is 14.6 Å². The fourth-order valence-electron chi connectivity index (χ4n) is 3.94. The fourth-order valence-corrected chi connectivity index (χ4v) is 4.11. The fraction of sp³-hybridized carbons (Fsp3) is 0.286. The molecule has 0 spiro atoms. The summed E-state index contributed by atoms with van der Waals surface area (Å²) in [7, 11) is 1.66. The number of piperazine rings is 1. The van der Waals surface area contributed by atoms with Gasteiger partial charge in [-0.05, 0) is 30.3 Å². The lowest BCUT2D eigenvalue weighted by molar-refractivity contribution is -0.143. The van der Waals surface area contributed by atoms with E-state index in [1.165, 1.54) is 0 Å². The number of aromatic nitrogens is 1. The summed E-state index contributed by atoms with van der Waals surface area (Å²) in [6.45, 7) is 2.74. The first-order valence-electron chi connectivity index (χ1n) is 9.20. The minimum atomic E-state index is -0.855. The lowest BCUT2D eigenvalue weighted by Gasteiger charge is -2.39. The summed E-state index contributed by atoms with van der Waals surface area (Å²) < 4.78 is 5.46. The van der Waals surface area contributed by atoms with Crippen molar-refractivity contribution in [1.82, 2.24) is 9.88 Å². The van der Waals surface area contributed by atoms with Crippen molar-refractivity contribution in [3.8, 4) is 5.75 Å². The van der Waals surface area contributed by atoms with Gasteiger partial charge < -0.3 is 19.7 Å². The number of carbonyl (C=O) groups is 1. The topological polar surface area (TPSA) is 68.8 Å². The Morgan fingerprint density at radius 1 is 1.18 bits per heavy atom. The quantitative estimate of drug-likeness (QED) is 0.683. The Morgan fingerprint density at radius 2 is 1.93 bits per heavy atom. The zero-order chi connectivity index (χ0) is 19.7. The summed E-state index contributed by atoms with van der Waals surface area (Å²) >= 11 is 6.14. The van der Waals surface area contributed by atoms with Gasteiger partial charge in [-0.3, -0.25) is 9.69 Å². The number of benzene rings is 2. The number of hydrogen-bond donors (Lipinski definition) is 2. The van der Waals surface area contributed by atoms with Crippen LogP contribution in [0.25, 0.3) is 10.9 Å². The first-order chi connectivity index (χ1) is 13.6. The molecule has 146 valence electrons. The number of halogens is 1. The van der Waals surface area contributed by atoms with Crippen molar-refractivity contribution in [2.75, 3.05) is 38.2 Å². The van der Waals surface area contributed by atoms with Crippen LogP contribution in [-0.2, 0) is 4.79 Å². The minimum Gasteiger partial charge on any atom is -0.495 e. The Kier molecular flexibility index (Phi) is 5.15. The molecule has 0 bridgehead atoms. The van der Waals surface area contributed by atoms with E-state index in [-0.39, 0.29) is 0 Å². The number of rotatable bonds is 5. The molecular formula is C21H22ClN3O3. The molecule has 0 radical (unpaired) electrons. The van der Waals surface area contributed by atoms with Crippen molar-refractivity contribution in [2.45, 2.75) is 6.04 Å². The van der Waals surface area contributed by atoms with Crippen LogP contribution in [0.5, 0.6) is 5.75 Å². The average molecular weight is 400 g/mol. The Hall–Kier alpha value is -2.70. The van der Waals surface area contributed by atoms with E-state index < -0.39 is 12.0 Å². The molecule has 28 heavy (non-hydrogen) atoms. The zero-order valence-electron chi connectivity index (χ0n) is 15.6. The van der Waals surface area contributed by atoms with Gasteiger partial charge in [0, 0.05) is 53.9 Å². The van der Waals surface area contributed by atoms with E-state index in [4.69, 9.17) is 16.3 Å². The Bertz CT molecular complexity index is 995. The maximum absolute atomic E-state index is 12.2. The normalized spacial score (nSPS) is 16.3. The molecule has 2 aromatic carbocycles. The number of aliphatic carboxylic acids is 1. The number of ether oxygens (including phenoxy) is 1. The summed E-state index contributed by atoms with van der Waals surface area (Å²) in [5, 5.41) is 11.4. The van der Waals surface area contributed by atoms with Crippen molar-refractivity contribution in [3.63, 3.8) is 0 Å². The van der Waals surface area contributed by atoms with E-state index in [2.05, 4.69) is 9.88 Å². The second-order valence-electron chi connectivity index (χ2n) is 6.87. The van der Waals surface area contributed by atoms with Crippen molar-refractivity contribution >= 4 is 34.2 Å². The van der Waals surface area contributed by atoms with E-state index in [1.54, 1.807) is 19.4 Å². The first kappa shape index (κ1) is 18.7. The molecule has 1 aromatic heterocycles. The Labute approximate surface area is 168 Å². The molecule has 1 atom stereocenters. The average Bonchev–Trinajstić information content (AvgIpc) is 3.11. The summed E-state index contributed by atoms with van der Waals surface area (Å²) in [5.74, 6) is -0.0244. The highest BCUT2D eigenvalue weighted by Crippen LogP contribution is 2.33. The summed E-state index contributed by atoms with van der Waals surface area (Å²) in [6, 6.07) is 12.7. The van der Waals surface area contributed by atoms with Gasteiger partial charge in [-0.25, -0.2) is 0 Å². The van der Waals surface area contributed by atoms with Crippen molar-refractivity contribution in [1.29, 1.82) is 0 Å². The Morgan fingerprint density at radius 3 is 2.64 bits per heavy atom. The number of anilines is 1. The van der Waals surface area contributed by atoms with Gasteiger partial charge in [0.25, 0.3) is 0 Å². The maximum Gasteiger partial charge on any atom is 0.325 e. The maximum atomic E-state index is 12.2. The highest BCUT2D eigenvalue weighted by atomic mass is 35.5. The molecule has 6 nitrogen and oxygen atoms in total. The molecule has 0 saturated carbocycles. The van der Waals surface area contributed by atoms with E-state index >= 15 is 0 Å². The molecular weight excluding hydrogens is 378 g/mol. The molecule has 1 aliphatic rings. The first-order valence-corrected chi connectivity index (χ1v) is 9.57. The SMILES string of the molecule is COc1ccccc1N1CCN([C@@H](C(=O)O)c2c[nH]c3ccc(Cl)cc23)CC1. The number of carboxylic acids is 1. The van der Waals surface area contributed by atoms with Crippen LogP contribution in [0.15, 0.2) is 48.7 Å². The number of para-hydroxylation sites is 2. The standard InChI is InChI=1S/C21H22ClN3O3/c1-28-19-5-3-2-4-18(19)24-8-10-25(11-9-24)20(21(26)27)16-13-23-17-7-6-14(22)12-15(16)17/h2-7,12-13,20,23H,8-11H2,1H3,(H,26,27)/t20-/m1/s1. The second-order valence-corrected chi connectivity index (χ2v) is 7.31. The van der Waals surface area contributed by atoms with Crippen LogP contribution >= 0.6 is 11.6 Å². The van der Waals surface area contributed by atoms with Crippen LogP contribution in [0, 0.1) is 0 Å². The molecule has 0 amide bonds. The number of fused-ring (bicyclic) bond motifs is 1. The lowest BCUT2D eigenvalue weighted by atomic mass is 10.0. The van der Waals surface area contributed by atoms with Gasteiger partial charge >= 0.3 is 5.97 Å². The van der Waals surface area contributed by atoms with Gasteiger partial charge in [-0.15, -0.1) is 0 Å². The molecule has 1 fully saturated rings. The van der Waals surface area contributed by atoms with E-state index in [0.29, 0.717) is 18.1 Å². The highest BCUT2D eigenvalue weighted by Gasteiger charge is 2.32.